The smallest absolute Gasteiger partial charge is 0.497 e. The summed E-state index contributed by atoms with van der Waals surface area (Å²) in [5, 5.41) is 32.0. The number of nitrogens with two attached hydrogens (primary N) is 1. The fourth-order valence-corrected chi connectivity index (χ4v) is 3.26. The van der Waals surface area contributed by atoms with Crippen molar-refractivity contribution in [2.75, 3.05) is 12.8 Å². The van der Waals surface area contributed by atoms with Crippen LogP contribution in [0.15, 0.2) is 48.9 Å². The molecule has 0 fully saturated rings. The number of hydrogen-bond donors (Lipinski definition) is 3. The second-order valence-electron chi connectivity index (χ2n) is 6.69. The molecular formula is C19H15BF3N5O4. The zero-order valence-electron chi connectivity index (χ0n) is 16.4. The van der Waals surface area contributed by atoms with Crippen molar-refractivity contribution in [1.29, 1.82) is 0 Å². The van der Waals surface area contributed by atoms with Crippen molar-refractivity contribution in [1.82, 2.24) is 20.0 Å². The summed E-state index contributed by atoms with van der Waals surface area (Å²) in [6.45, 7) is 0. The van der Waals surface area contributed by atoms with Gasteiger partial charge in [-0.05, 0) is 23.8 Å². The lowest BCUT2D eigenvalue weighted by atomic mass is 9.77. The van der Waals surface area contributed by atoms with Crippen LogP contribution in [0.25, 0.3) is 27.7 Å². The van der Waals surface area contributed by atoms with Gasteiger partial charge in [-0.15, -0.1) is 13.2 Å². The highest BCUT2D eigenvalue weighted by molar-refractivity contribution is 6.60. The molecule has 4 rings (SSSR count). The maximum Gasteiger partial charge on any atom is 0.573 e. The van der Waals surface area contributed by atoms with Crippen molar-refractivity contribution in [2.45, 2.75) is 6.36 Å². The van der Waals surface area contributed by atoms with Crippen LogP contribution in [0.4, 0.5) is 18.9 Å². The summed E-state index contributed by atoms with van der Waals surface area (Å²) in [5.74, 6) is -0.428. The highest BCUT2D eigenvalue weighted by Crippen LogP contribution is 2.33. The van der Waals surface area contributed by atoms with Crippen molar-refractivity contribution in [3.8, 4) is 28.3 Å². The number of halogens is 3. The predicted octanol–water partition coefficient (Wildman–Crippen LogP) is 1.65. The fourth-order valence-electron chi connectivity index (χ4n) is 3.26. The SMILES string of the molecule is COc1cc(-n2cc(OC(F)(F)F)cn2)c(-c2ccc3c(N)cnnc3c2)cc1B(O)O. The second-order valence-corrected chi connectivity index (χ2v) is 6.69. The molecule has 32 heavy (non-hydrogen) atoms. The van der Waals surface area contributed by atoms with Gasteiger partial charge in [-0.25, -0.2) is 4.68 Å². The molecule has 0 radical (unpaired) electrons. The number of aromatic nitrogens is 4. The molecule has 0 atom stereocenters. The zero-order chi connectivity index (χ0) is 23.0. The quantitative estimate of drug-likeness (QED) is 0.396. The number of methoxy groups -OCH3 is 1. The van der Waals surface area contributed by atoms with E-state index in [4.69, 9.17) is 10.5 Å². The highest BCUT2D eigenvalue weighted by Gasteiger charge is 2.32. The van der Waals surface area contributed by atoms with E-state index in [1.807, 2.05) is 0 Å². The van der Waals surface area contributed by atoms with E-state index in [2.05, 4.69) is 20.0 Å². The maximum atomic E-state index is 12.6. The van der Waals surface area contributed by atoms with Gasteiger partial charge in [0.25, 0.3) is 0 Å². The minimum absolute atomic E-state index is 0.0453. The van der Waals surface area contributed by atoms with E-state index < -0.39 is 19.2 Å². The van der Waals surface area contributed by atoms with Crippen LogP contribution in [0.5, 0.6) is 11.5 Å². The Hall–Kier alpha value is -3.84. The molecule has 4 aromatic rings. The van der Waals surface area contributed by atoms with Gasteiger partial charge in [0.05, 0.1) is 42.6 Å². The molecule has 4 N–H and O–H groups in total. The number of hydrogen-bond acceptors (Lipinski definition) is 8. The third-order valence-corrected chi connectivity index (χ3v) is 4.65. The summed E-state index contributed by atoms with van der Waals surface area (Å²) < 4.78 is 48.0. The van der Waals surface area contributed by atoms with Crippen molar-refractivity contribution >= 4 is 29.2 Å². The molecule has 0 aliphatic carbocycles. The third kappa shape index (κ3) is 4.15. The van der Waals surface area contributed by atoms with Gasteiger partial charge < -0.3 is 25.3 Å². The van der Waals surface area contributed by atoms with Crippen molar-refractivity contribution < 1.29 is 32.7 Å². The Morgan fingerprint density at radius 3 is 2.59 bits per heavy atom. The standard InChI is InChI=1S/C19H15BF3N5O4/c1-31-18-6-17(28-9-11(7-26-28)32-19(21,22)23)13(5-14(18)20(29)30)10-2-3-12-15(24)8-25-27-16(12)4-10/h2-9,29-30H,1H3,(H2,24,27). The van der Waals surface area contributed by atoms with E-state index in [-0.39, 0.29) is 11.2 Å². The van der Waals surface area contributed by atoms with Crippen LogP contribution in [-0.2, 0) is 0 Å². The Morgan fingerprint density at radius 2 is 1.91 bits per heavy atom. The molecule has 0 spiro atoms. The number of anilines is 1. The van der Waals surface area contributed by atoms with Gasteiger partial charge in [0.1, 0.15) is 5.75 Å². The molecule has 0 saturated heterocycles. The Morgan fingerprint density at radius 1 is 1.12 bits per heavy atom. The summed E-state index contributed by atoms with van der Waals surface area (Å²) in [6, 6.07) is 7.93. The second kappa shape index (κ2) is 8.02. The summed E-state index contributed by atoms with van der Waals surface area (Å²) in [4.78, 5) is 0. The Balaban J connectivity index is 1.92. The van der Waals surface area contributed by atoms with E-state index >= 15 is 0 Å². The fraction of sp³-hybridized carbons (Fsp3) is 0.105. The average molecular weight is 445 g/mol. The molecule has 13 heteroatoms. The number of nitrogen functional groups attached to an aromatic ring is 1. The first-order valence-electron chi connectivity index (χ1n) is 9.06. The van der Waals surface area contributed by atoms with Gasteiger partial charge in [-0.3, -0.25) is 0 Å². The van der Waals surface area contributed by atoms with Gasteiger partial charge >= 0.3 is 13.5 Å². The molecule has 2 aromatic heterocycles. The molecule has 0 bridgehead atoms. The van der Waals surface area contributed by atoms with E-state index in [0.717, 1.165) is 17.1 Å². The number of ether oxygens (including phenoxy) is 2. The highest BCUT2D eigenvalue weighted by atomic mass is 19.4. The molecule has 2 aromatic carbocycles. The molecule has 2 heterocycles. The predicted molar refractivity (Wildman–Crippen MR) is 110 cm³/mol. The number of nitrogens with zero attached hydrogens (tertiary/aromatic N) is 4. The summed E-state index contributed by atoms with van der Waals surface area (Å²) in [7, 11) is -0.546. The minimum Gasteiger partial charge on any atom is -0.497 e. The van der Waals surface area contributed by atoms with Crippen molar-refractivity contribution in [2.24, 2.45) is 0 Å². The van der Waals surface area contributed by atoms with Gasteiger partial charge in [0.15, 0.2) is 5.75 Å². The number of benzene rings is 2. The monoisotopic (exact) mass is 445 g/mol. The Bertz CT molecular complexity index is 1300. The molecule has 9 nitrogen and oxygen atoms in total. The lowest BCUT2D eigenvalue weighted by Gasteiger charge is -2.16. The number of alkyl halides is 3. The van der Waals surface area contributed by atoms with Crippen LogP contribution in [0.3, 0.4) is 0 Å². The van der Waals surface area contributed by atoms with E-state index in [9.17, 15) is 23.2 Å². The lowest BCUT2D eigenvalue weighted by molar-refractivity contribution is -0.274. The van der Waals surface area contributed by atoms with Crippen LogP contribution >= 0.6 is 0 Å². The molecule has 0 saturated carbocycles. The average Bonchev–Trinajstić information content (AvgIpc) is 3.19. The van der Waals surface area contributed by atoms with E-state index in [0.29, 0.717) is 33.4 Å². The van der Waals surface area contributed by atoms with Gasteiger partial charge in [0, 0.05) is 22.5 Å². The number of rotatable bonds is 5. The van der Waals surface area contributed by atoms with E-state index in [1.54, 1.807) is 18.2 Å². The number of fused-ring (bicyclic) bond motifs is 1. The first kappa shape index (κ1) is 21.4. The lowest BCUT2D eigenvalue weighted by Crippen LogP contribution is -2.31. The summed E-state index contributed by atoms with van der Waals surface area (Å²) in [5.41, 5.74) is 8.09. The molecule has 0 unspecified atom stereocenters. The van der Waals surface area contributed by atoms with Gasteiger partial charge in [-0.1, -0.05) is 6.07 Å². The van der Waals surface area contributed by atoms with Gasteiger partial charge in [-0.2, -0.15) is 15.3 Å². The topological polar surface area (TPSA) is 129 Å². The Kier molecular flexibility index (Phi) is 5.36. The molecule has 0 aliphatic rings. The largest absolute Gasteiger partial charge is 0.573 e. The van der Waals surface area contributed by atoms with Crippen LogP contribution in [0.1, 0.15) is 0 Å². The van der Waals surface area contributed by atoms with Crippen molar-refractivity contribution in [3.63, 3.8) is 0 Å². The van der Waals surface area contributed by atoms with Crippen LogP contribution < -0.4 is 20.7 Å². The molecule has 0 aliphatic heterocycles. The molecule has 0 amide bonds. The maximum absolute atomic E-state index is 12.6. The normalized spacial score (nSPS) is 11.6. The van der Waals surface area contributed by atoms with E-state index in [1.165, 1.54) is 25.4 Å². The minimum atomic E-state index is -4.88. The zero-order valence-corrected chi connectivity index (χ0v) is 16.4. The van der Waals surface area contributed by atoms with Crippen LogP contribution in [-0.4, -0.2) is 50.6 Å². The Labute approximate surface area is 179 Å². The molecule has 164 valence electrons. The van der Waals surface area contributed by atoms with Crippen molar-refractivity contribution in [3.05, 3.63) is 48.9 Å². The van der Waals surface area contributed by atoms with Gasteiger partial charge in [0.2, 0.25) is 0 Å². The first-order valence-corrected chi connectivity index (χ1v) is 9.06. The van der Waals surface area contributed by atoms with Crippen LogP contribution in [0, 0.1) is 0 Å². The molecular weight excluding hydrogens is 430 g/mol. The van der Waals surface area contributed by atoms with Crippen LogP contribution in [0.2, 0.25) is 0 Å². The first-order chi connectivity index (χ1) is 15.2. The summed E-state index contributed by atoms with van der Waals surface area (Å²) >= 11 is 0. The third-order valence-electron chi connectivity index (χ3n) is 4.65. The summed E-state index contributed by atoms with van der Waals surface area (Å²) in [6.07, 6.45) is -1.52.